The zero-order chi connectivity index (χ0) is 10.4. The normalized spacial score (nSPS) is 12.2. The number of nitrogens with two attached hydrogens (primary N) is 1. The first-order valence-electron chi connectivity index (χ1n) is 4.73. The summed E-state index contributed by atoms with van der Waals surface area (Å²) in [6.45, 7) is 3.34. The minimum atomic E-state index is 0.376. The molecule has 0 aliphatic heterocycles. The van der Waals surface area contributed by atoms with Crippen LogP contribution in [0.3, 0.4) is 0 Å². The molecule has 0 bridgehead atoms. The number of benzene rings is 1. The van der Waals surface area contributed by atoms with E-state index in [-0.39, 0.29) is 0 Å². The van der Waals surface area contributed by atoms with Gasteiger partial charge in [-0.05, 0) is 18.7 Å². The van der Waals surface area contributed by atoms with Crippen molar-refractivity contribution in [1.82, 2.24) is 0 Å². The van der Waals surface area contributed by atoms with Crippen molar-refractivity contribution in [2.24, 2.45) is 11.7 Å². The second kappa shape index (κ2) is 5.50. The van der Waals surface area contributed by atoms with Gasteiger partial charge in [-0.15, -0.1) is 0 Å². The predicted molar refractivity (Wildman–Crippen MR) is 56.7 cm³/mol. The number of hydrogen-bond acceptors (Lipinski definition) is 3. The molecule has 0 heterocycles. The van der Waals surface area contributed by atoms with Crippen molar-refractivity contribution < 1.29 is 9.47 Å². The van der Waals surface area contributed by atoms with Crippen LogP contribution in [0.15, 0.2) is 24.3 Å². The number of ether oxygens (including phenoxy) is 2. The Kier molecular flexibility index (Phi) is 4.26. The Morgan fingerprint density at radius 1 is 1.36 bits per heavy atom. The summed E-state index contributed by atoms with van der Waals surface area (Å²) in [5.41, 5.74) is 5.49. The van der Waals surface area contributed by atoms with Gasteiger partial charge in [-0.25, -0.2) is 0 Å². The molecule has 2 N–H and O–H groups in total. The highest BCUT2D eigenvalue weighted by Gasteiger charge is 2.01. The third-order valence-corrected chi connectivity index (χ3v) is 1.98. The number of hydrogen-bond donors (Lipinski definition) is 1. The molecule has 0 spiro atoms. The lowest BCUT2D eigenvalue weighted by Gasteiger charge is -2.11. The van der Waals surface area contributed by atoms with Crippen LogP contribution in [0.2, 0.25) is 0 Å². The second-order valence-corrected chi connectivity index (χ2v) is 3.33. The Morgan fingerprint density at radius 2 is 2.07 bits per heavy atom. The van der Waals surface area contributed by atoms with Gasteiger partial charge in [0.2, 0.25) is 0 Å². The monoisotopic (exact) mass is 195 g/mol. The highest BCUT2D eigenvalue weighted by Crippen LogP contribution is 2.19. The van der Waals surface area contributed by atoms with Crippen LogP contribution in [0.4, 0.5) is 0 Å². The van der Waals surface area contributed by atoms with E-state index in [4.69, 9.17) is 15.2 Å². The van der Waals surface area contributed by atoms with Crippen LogP contribution < -0.4 is 15.2 Å². The fraction of sp³-hybridized carbons (Fsp3) is 0.455. The fourth-order valence-corrected chi connectivity index (χ4v) is 0.997. The van der Waals surface area contributed by atoms with Gasteiger partial charge in [0.05, 0.1) is 13.7 Å². The highest BCUT2D eigenvalue weighted by atomic mass is 16.5. The molecule has 0 amide bonds. The topological polar surface area (TPSA) is 44.5 Å². The fourth-order valence-electron chi connectivity index (χ4n) is 0.997. The minimum absolute atomic E-state index is 0.376. The van der Waals surface area contributed by atoms with Crippen molar-refractivity contribution >= 4 is 0 Å². The highest BCUT2D eigenvalue weighted by molar-refractivity contribution is 5.32. The van der Waals surface area contributed by atoms with Gasteiger partial charge >= 0.3 is 0 Å². The maximum Gasteiger partial charge on any atom is 0.122 e. The number of rotatable bonds is 5. The Labute approximate surface area is 84.8 Å². The SMILES string of the molecule is COc1cccc(OCC(C)CN)c1. The molecule has 0 fully saturated rings. The predicted octanol–water partition coefficient (Wildman–Crippen LogP) is 1.67. The third kappa shape index (κ3) is 3.26. The summed E-state index contributed by atoms with van der Waals surface area (Å²) in [5, 5.41) is 0. The molecule has 0 aliphatic rings. The maximum absolute atomic E-state index is 5.54. The van der Waals surface area contributed by atoms with E-state index in [9.17, 15) is 0 Å². The molecule has 1 atom stereocenters. The van der Waals surface area contributed by atoms with Crippen LogP contribution in [-0.4, -0.2) is 20.3 Å². The zero-order valence-electron chi connectivity index (χ0n) is 8.69. The molecule has 0 aliphatic carbocycles. The molecule has 0 radical (unpaired) electrons. The van der Waals surface area contributed by atoms with Crippen LogP contribution in [0.5, 0.6) is 11.5 Å². The first-order valence-corrected chi connectivity index (χ1v) is 4.73. The average Bonchev–Trinajstić information content (AvgIpc) is 2.26. The Hall–Kier alpha value is -1.22. The first-order chi connectivity index (χ1) is 6.76. The van der Waals surface area contributed by atoms with Crippen LogP contribution in [-0.2, 0) is 0 Å². The molecule has 1 aromatic rings. The van der Waals surface area contributed by atoms with E-state index in [1.165, 1.54) is 0 Å². The van der Waals surface area contributed by atoms with Crippen LogP contribution in [0, 0.1) is 5.92 Å². The first kappa shape index (κ1) is 10.9. The van der Waals surface area contributed by atoms with E-state index in [1.807, 2.05) is 24.3 Å². The molecule has 3 heteroatoms. The van der Waals surface area contributed by atoms with Gasteiger partial charge in [0.25, 0.3) is 0 Å². The van der Waals surface area contributed by atoms with Crippen molar-refractivity contribution in [1.29, 1.82) is 0 Å². The van der Waals surface area contributed by atoms with Gasteiger partial charge in [-0.1, -0.05) is 13.0 Å². The second-order valence-electron chi connectivity index (χ2n) is 3.33. The lowest BCUT2D eigenvalue weighted by atomic mass is 10.2. The molecule has 0 saturated carbocycles. The molecule has 1 unspecified atom stereocenters. The van der Waals surface area contributed by atoms with Gasteiger partial charge in [0, 0.05) is 12.0 Å². The van der Waals surface area contributed by atoms with Gasteiger partial charge in [0.15, 0.2) is 0 Å². The number of methoxy groups -OCH3 is 1. The van der Waals surface area contributed by atoms with Gasteiger partial charge in [-0.2, -0.15) is 0 Å². The van der Waals surface area contributed by atoms with Crippen molar-refractivity contribution in [2.75, 3.05) is 20.3 Å². The van der Waals surface area contributed by atoms with E-state index in [0.29, 0.717) is 19.1 Å². The molecule has 78 valence electrons. The molecule has 3 nitrogen and oxygen atoms in total. The summed E-state index contributed by atoms with van der Waals surface area (Å²) >= 11 is 0. The summed E-state index contributed by atoms with van der Waals surface area (Å²) in [6, 6.07) is 7.56. The minimum Gasteiger partial charge on any atom is -0.497 e. The summed E-state index contributed by atoms with van der Waals surface area (Å²) < 4.78 is 10.6. The quantitative estimate of drug-likeness (QED) is 0.777. The van der Waals surface area contributed by atoms with E-state index in [0.717, 1.165) is 11.5 Å². The Bertz CT molecular complexity index is 276. The molecule has 14 heavy (non-hydrogen) atoms. The van der Waals surface area contributed by atoms with Gasteiger partial charge in [-0.3, -0.25) is 0 Å². The van der Waals surface area contributed by atoms with E-state index < -0.39 is 0 Å². The van der Waals surface area contributed by atoms with E-state index in [1.54, 1.807) is 7.11 Å². The molecular formula is C11H17NO2. The van der Waals surface area contributed by atoms with Crippen molar-refractivity contribution in [3.63, 3.8) is 0 Å². The van der Waals surface area contributed by atoms with Crippen molar-refractivity contribution in [3.05, 3.63) is 24.3 Å². The summed E-state index contributed by atoms with van der Waals surface area (Å²) in [6.07, 6.45) is 0. The average molecular weight is 195 g/mol. The third-order valence-electron chi connectivity index (χ3n) is 1.98. The lowest BCUT2D eigenvalue weighted by Crippen LogP contribution is -2.18. The largest absolute Gasteiger partial charge is 0.497 e. The molecule has 1 aromatic carbocycles. The molecule has 1 rings (SSSR count). The smallest absolute Gasteiger partial charge is 0.122 e. The van der Waals surface area contributed by atoms with Crippen molar-refractivity contribution in [2.45, 2.75) is 6.92 Å². The van der Waals surface area contributed by atoms with Crippen LogP contribution in [0.25, 0.3) is 0 Å². The summed E-state index contributed by atoms with van der Waals surface area (Å²) in [4.78, 5) is 0. The van der Waals surface area contributed by atoms with E-state index in [2.05, 4.69) is 6.92 Å². The van der Waals surface area contributed by atoms with Crippen molar-refractivity contribution in [3.8, 4) is 11.5 Å². The molecular weight excluding hydrogens is 178 g/mol. The van der Waals surface area contributed by atoms with Gasteiger partial charge < -0.3 is 15.2 Å². The lowest BCUT2D eigenvalue weighted by molar-refractivity contribution is 0.262. The molecule has 0 saturated heterocycles. The summed E-state index contributed by atoms with van der Waals surface area (Å²) in [5.74, 6) is 2.01. The zero-order valence-corrected chi connectivity index (χ0v) is 8.69. The van der Waals surface area contributed by atoms with Crippen LogP contribution in [0.1, 0.15) is 6.92 Å². The van der Waals surface area contributed by atoms with Gasteiger partial charge in [0.1, 0.15) is 11.5 Å². The van der Waals surface area contributed by atoms with E-state index >= 15 is 0 Å². The Balaban J connectivity index is 2.50. The standard InChI is InChI=1S/C11H17NO2/c1-9(7-12)8-14-11-5-3-4-10(6-11)13-2/h3-6,9H,7-8,12H2,1-2H3. The van der Waals surface area contributed by atoms with Crippen LogP contribution >= 0.6 is 0 Å². The molecule has 0 aromatic heterocycles. The maximum atomic E-state index is 5.54. The summed E-state index contributed by atoms with van der Waals surface area (Å²) in [7, 11) is 1.64. The Morgan fingerprint density at radius 3 is 2.71 bits per heavy atom.